The number of carbonyl (C=O) groups is 4. The zero-order chi connectivity index (χ0) is 88.7. The van der Waals surface area contributed by atoms with Crippen molar-refractivity contribution in [1.82, 2.24) is 14.8 Å². The molecule has 6 aliphatic heterocycles. The summed E-state index contributed by atoms with van der Waals surface area (Å²) in [6, 6.07) is 19.5. The number of alkyl halides is 1. The van der Waals surface area contributed by atoms with Gasteiger partial charge in [-0.05, 0) is 229 Å². The minimum Gasteiger partial charge on any atom is -0.478 e. The number of carboxylic acids is 1. The molecule has 0 aliphatic carbocycles. The highest BCUT2D eigenvalue weighted by Crippen LogP contribution is 2.43. The second-order valence-electron chi connectivity index (χ2n) is 32.8. The first kappa shape index (κ1) is 98.7. The van der Waals surface area contributed by atoms with E-state index in [1.54, 1.807) is 6.07 Å². The molecule has 9 aromatic rings. The Balaban J connectivity index is 0.000000167. The Bertz CT molecular complexity index is 4940. The standard InChI is InChI=1S/C25H36N2O4.C24H34N2O4.C20H26BrNO4.C20H27NO5.C8H12N2O.ClH/c1-4-20-22(27(5-2)18-9-13-30-14-10-18)16-23-21(24(20)25(28)29-3)15-19(31-23)17-26-11-7-6-8-12-26;1-3-19-21(26(4-2)17-8-12-29-13-9-17)15-22-20(23(19)24(27)28)14-18(30-22)16-25-10-6-5-7-11-25;1-4-15-17(22(5-2)13-6-8-25-9-7-13)11-18-16(10-14(12-21)26-18)19(15)20(23)24-3;1-4-15-17(21(5-2)13-6-8-25-9-7-13)11-18-16(10-14(12-22)26-18)19(15)20(23)24-3;1-5-3-6(2)10-8(11)7(5)4-9;/h15-16,18H,4-14,17H2,1-3H3;14-15,17H,3-13,16H2,1-2H3,(H,27,28);10-11,13H,4-9,12H2,1-3H3;10-11,13,22H,4-9,12H2,1-3H3;3H,4,9H2,1-2H3,(H,10,11);1H. The Morgan fingerprint density at radius 1 is 0.440 bits per heavy atom. The summed E-state index contributed by atoms with van der Waals surface area (Å²) in [4.78, 5) is 78.7. The number of anilines is 4. The fourth-order valence-electron chi connectivity index (χ4n) is 19.4. The van der Waals surface area contributed by atoms with E-state index in [0.29, 0.717) is 99.0 Å². The summed E-state index contributed by atoms with van der Waals surface area (Å²) in [7, 11) is 4.29. The monoisotopic (exact) mass is 1810 g/mol. The zero-order valence-electron chi connectivity index (χ0n) is 76.1. The molecule has 0 saturated carbocycles. The fourth-order valence-corrected chi connectivity index (χ4v) is 19.6. The van der Waals surface area contributed by atoms with E-state index < -0.39 is 5.97 Å². The third-order valence-corrected chi connectivity index (χ3v) is 26.0. The average molecular weight is 1820 g/mol. The lowest BCUT2D eigenvalue weighted by molar-refractivity contribution is 0.0592. The van der Waals surface area contributed by atoms with Gasteiger partial charge in [-0.2, -0.15) is 0 Å². The molecule has 0 bridgehead atoms. The number of ether oxygens (including phenoxy) is 7. The van der Waals surface area contributed by atoms with Gasteiger partial charge in [0.05, 0.1) is 62.0 Å². The maximum atomic E-state index is 12.9. The number of aliphatic hydroxyl groups is 1. The summed E-state index contributed by atoms with van der Waals surface area (Å²) in [6.07, 6.45) is 18.3. The molecule has 5 N–H and O–H groups in total. The molecular formula is C97H136BrClN8O18. The molecular weight excluding hydrogens is 1680 g/mol. The lowest BCUT2D eigenvalue weighted by atomic mass is 9.96. The summed E-state index contributed by atoms with van der Waals surface area (Å²) in [5.74, 6) is 1.21. The maximum absolute atomic E-state index is 12.9. The lowest BCUT2D eigenvalue weighted by Crippen LogP contribution is -2.40. The number of nitrogens with one attached hydrogen (secondary N) is 1. The maximum Gasteiger partial charge on any atom is 0.338 e. The first-order chi connectivity index (χ1) is 60.2. The van der Waals surface area contributed by atoms with Gasteiger partial charge >= 0.3 is 23.9 Å². The highest BCUT2D eigenvalue weighted by Gasteiger charge is 2.35. The van der Waals surface area contributed by atoms with Crippen LogP contribution in [0, 0.1) is 13.8 Å². The number of carbonyl (C=O) groups excluding carboxylic acids is 3. The van der Waals surface area contributed by atoms with Crippen LogP contribution in [0.15, 0.2) is 77.1 Å². The van der Waals surface area contributed by atoms with Crippen LogP contribution in [-0.2, 0) is 90.4 Å². The zero-order valence-corrected chi connectivity index (χ0v) is 78.5. The number of hydrogen-bond donors (Lipinski definition) is 4. The molecule has 4 aromatic carbocycles. The molecule has 125 heavy (non-hydrogen) atoms. The van der Waals surface area contributed by atoms with Crippen molar-refractivity contribution in [2.24, 2.45) is 5.73 Å². The van der Waals surface area contributed by atoms with Crippen LogP contribution in [-0.4, -0.2) is 200 Å². The number of aromatic nitrogens is 1. The Kier molecular flexibility index (Phi) is 38.0. The summed E-state index contributed by atoms with van der Waals surface area (Å²) in [5.41, 5.74) is 21.0. The van der Waals surface area contributed by atoms with Crippen molar-refractivity contribution in [3.05, 3.63) is 149 Å². The van der Waals surface area contributed by atoms with Crippen molar-refractivity contribution in [2.75, 3.05) is 146 Å². The van der Waals surface area contributed by atoms with E-state index in [1.165, 1.54) is 59.9 Å². The van der Waals surface area contributed by atoms with E-state index in [-0.39, 0.29) is 42.5 Å². The van der Waals surface area contributed by atoms with E-state index >= 15 is 0 Å². The molecule has 11 heterocycles. The van der Waals surface area contributed by atoms with Crippen LogP contribution in [0.5, 0.6) is 0 Å². The Morgan fingerprint density at radius 2 is 0.728 bits per heavy atom. The van der Waals surface area contributed by atoms with Crippen molar-refractivity contribution >= 4 is 119 Å². The minimum atomic E-state index is -0.868. The molecule has 15 rings (SSSR count). The van der Waals surface area contributed by atoms with E-state index in [1.807, 2.05) is 52.0 Å². The van der Waals surface area contributed by atoms with E-state index in [2.05, 4.69) is 116 Å². The predicted octanol–water partition coefficient (Wildman–Crippen LogP) is 18.3. The molecule has 0 spiro atoms. The number of likely N-dealkylation sites (tertiary alicyclic amines) is 2. The van der Waals surface area contributed by atoms with Crippen molar-refractivity contribution in [3.8, 4) is 0 Å². The number of aromatic carboxylic acids is 1. The fraction of sp³-hybridized carbons (Fsp3) is 0.577. The number of halogens is 2. The van der Waals surface area contributed by atoms with Crippen LogP contribution < -0.4 is 30.9 Å². The first-order valence-corrected chi connectivity index (χ1v) is 46.5. The van der Waals surface area contributed by atoms with Gasteiger partial charge in [-0.3, -0.25) is 14.6 Å². The number of fused-ring (bicyclic) bond motifs is 4. The molecule has 0 atom stereocenters. The van der Waals surface area contributed by atoms with E-state index in [9.17, 15) is 34.2 Å². The molecule has 0 unspecified atom stereocenters. The number of aromatic amines is 1. The molecule has 6 saturated heterocycles. The van der Waals surface area contributed by atoms with Gasteiger partial charge in [0, 0.05) is 190 Å². The van der Waals surface area contributed by atoms with Gasteiger partial charge in [0.2, 0.25) is 0 Å². The third kappa shape index (κ3) is 23.5. The number of hydrogen-bond acceptors (Lipinski definition) is 24. The Labute approximate surface area is 751 Å². The van der Waals surface area contributed by atoms with Gasteiger partial charge in [-0.1, -0.05) is 56.5 Å². The number of aliphatic hydroxyl groups excluding tert-OH is 1. The minimum absolute atomic E-state index is 0. The molecule has 0 amide bonds. The van der Waals surface area contributed by atoms with Crippen LogP contribution in [0.1, 0.15) is 249 Å². The molecule has 6 aliphatic rings. The first-order valence-electron chi connectivity index (χ1n) is 45.4. The number of piperidine rings is 2. The summed E-state index contributed by atoms with van der Waals surface area (Å²) < 4.78 is 61.9. The molecule has 26 nitrogen and oxygen atoms in total. The number of nitrogens with zero attached hydrogens (tertiary/aromatic N) is 6. The largest absolute Gasteiger partial charge is 0.478 e. The second-order valence-corrected chi connectivity index (χ2v) is 33.4. The normalized spacial score (nSPS) is 16.4. The molecule has 6 fully saturated rings. The number of rotatable bonds is 27. The van der Waals surface area contributed by atoms with Crippen molar-refractivity contribution < 1.29 is 80.2 Å². The number of methoxy groups -OCH3 is 3. The topological polar surface area (TPSA) is 304 Å². The summed E-state index contributed by atoms with van der Waals surface area (Å²) in [5, 5.41) is 23.3. The van der Waals surface area contributed by atoms with E-state index in [0.717, 1.165) is 283 Å². The van der Waals surface area contributed by atoms with Crippen LogP contribution in [0.2, 0.25) is 0 Å². The quantitative estimate of drug-likeness (QED) is 0.0211. The number of furan rings is 4. The van der Waals surface area contributed by atoms with Gasteiger partial charge in [0.15, 0.2) is 0 Å². The summed E-state index contributed by atoms with van der Waals surface area (Å²) in [6.45, 7) is 36.3. The van der Waals surface area contributed by atoms with Crippen molar-refractivity contribution in [2.45, 2.75) is 241 Å². The number of carboxylic acid groups (broad SMARTS) is 1. The molecule has 28 heteroatoms. The smallest absolute Gasteiger partial charge is 0.338 e. The highest BCUT2D eigenvalue weighted by molar-refractivity contribution is 9.08. The van der Waals surface area contributed by atoms with Gasteiger partial charge in [0.1, 0.15) is 52.0 Å². The van der Waals surface area contributed by atoms with E-state index in [4.69, 9.17) is 56.6 Å². The van der Waals surface area contributed by atoms with Crippen LogP contribution in [0.25, 0.3) is 43.9 Å². The van der Waals surface area contributed by atoms with Crippen molar-refractivity contribution in [3.63, 3.8) is 0 Å². The van der Waals surface area contributed by atoms with Crippen LogP contribution in [0.4, 0.5) is 22.7 Å². The number of aryl methyl sites for hydroxylation is 2. The van der Waals surface area contributed by atoms with Crippen LogP contribution >= 0.6 is 28.3 Å². The third-order valence-electron chi connectivity index (χ3n) is 25.4. The Hall–Kier alpha value is -8.48. The number of esters is 3. The second kappa shape index (κ2) is 48.1. The molecule has 0 radical (unpaired) electrons. The number of H-pyrrole nitrogens is 1. The van der Waals surface area contributed by atoms with Gasteiger partial charge in [0.25, 0.3) is 5.56 Å². The van der Waals surface area contributed by atoms with Crippen LogP contribution in [0.3, 0.4) is 0 Å². The van der Waals surface area contributed by atoms with Gasteiger partial charge in [-0.25, -0.2) is 19.2 Å². The lowest BCUT2D eigenvalue weighted by Gasteiger charge is -2.36. The molecule has 686 valence electrons. The number of nitrogens with two attached hydrogens (primary N) is 1. The van der Waals surface area contributed by atoms with Gasteiger partial charge in [-0.15, -0.1) is 12.4 Å². The van der Waals surface area contributed by atoms with Gasteiger partial charge < -0.3 is 91.4 Å². The highest BCUT2D eigenvalue weighted by atomic mass is 79.9. The SMILES string of the molecule is CCc1c(N(CC)C2CCOCC2)cc2oc(CBr)cc2c1C(=O)OC.CCc1c(N(CC)C2CCOCC2)cc2oc(CN3CCCCC3)cc2c1C(=O)O.CCc1c(N(CC)C2CCOCC2)cc2oc(CN3CCCCC3)cc2c1C(=O)OC.CCc1c(N(CC)C2CCOCC2)cc2oc(CO)cc2c1C(=O)OC.Cc1cc(C)c(CN)c(=O)[nH]1.Cl. The number of benzene rings is 4. The average Bonchev–Trinajstić information content (AvgIpc) is 1.67. The Morgan fingerprint density at radius 3 is 1.00 bits per heavy atom. The van der Waals surface area contributed by atoms with Crippen molar-refractivity contribution in [1.29, 1.82) is 0 Å². The molecule has 5 aromatic heterocycles. The summed E-state index contributed by atoms with van der Waals surface area (Å²) >= 11 is 3.44. The predicted molar refractivity (Wildman–Crippen MR) is 499 cm³/mol. The number of pyridine rings is 1.